The summed E-state index contributed by atoms with van der Waals surface area (Å²) in [7, 11) is 0. The molecule has 18 heavy (non-hydrogen) atoms. The highest BCUT2D eigenvalue weighted by molar-refractivity contribution is 6.31. The van der Waals surface area contributed by atoms with E-state index >= 15 is 0 Å². The van der Waals surface area contributed by atoms with E-state index in [1.54, 1.807) is 29.8 Å². The minimum Gasteiger partial charge on any atom is -0.465 e. The second-order valence-corrected chi connectivity index (χ2v) is 4.34. The Morgan fingerprint density at radius 1 is 1.50 bits per heavy atom. The van der Waals surface area contributed by atoms with Gasteiger partial charge in [-0.2, -0.15) is 0 Å². The zero-order valence-electron chi connectivity index (χ0n) is 10.0. The highest BCUT2D eigenvalue weighted by Gasteiger charge is 2.11. The van der Waals surface area contributed by atoms with Crippen molar-refractivity contribution in [2.45, 2.75) is 20.1 Å². The summed E-state index contributed by atoms with van der Waals surface area (Å²) in [6.45, 7) is 2.16. The third kappa shape index (κ3) is 2.49. The summed E-state index contributed by atoms with van der Waals surface area (Å²) >= 11 is 5.95. The minimum absolute atomic E-state index is 0.0754. The number of aliphatic hydroxyl groups excluding tert-OH is 1. The Morgan fingerprint density at radius 2 is 2.28 bits per heavy atom. The average Bonchev–Trinajstić information content (AvgIpc) is 2.67. The Kier molecular flexibility index (Phi) is 3.89. The Bertz CT molecular complexity index is 577. The number of aromatic nitrogens is 1. The molecule has 0 spiro atoms. The first-order chi connectivity index (χ1) is 8.65. The van der Waals surface area contributed by atoms with Gasteiger partial charge >= 0.3 is 5.97 Å². The zero-order chi connectivity index (χ0) is 13.1. The van der Waals surface area contributed by atoms with Gasteiger partial charge in [-0.1, -0.05) is 17.7 Å². The predicted molar refractivity (Wildman–Crippen MR) is 69.5 cm³/mol. The Labute approximate surface area is 110 Å². The summed E-state index contributed by atoms with van der Waals surface area (Å²) in [5, 5.41) is 10.8. The molecule has 5 heteroatoms. The van der Waals surface area contributed by atoms with E-state index in [1.807, 2.05) is 6.07 Å². The topological polar surface area (TPSA) is 51.5 Å². The fraction of sp³-hybridized carbons (Fsp3) is 0.308. The molecular formula is C13H14ClNO3. The van der Waals surface area contributed by atoms with Crippen molar-refractivity contribution in [3.05, 3.63) is 35.0 Å². The number of nitrogens with zero attached hydrogens (tertiary/aromatic N) is 1. The molecule has 0 aliphatic carbocycles. The third-order valence-corrected chi connectivity index (χ3v) is 2.94. The Morgan fingerprint density at radius 3 is 2.94 bits per heavy atom. The molecule has 0 bridgehead atoms. The van der Waals surface area contributed by atoms with Crippen molar-refractivity contribution in [1.82, 2.24) is 4.57 Å². The SMILES string of the molecule is CCOC(=O)Cn1cc(CO)c2ccc(Cl)cc21. The molecule has 1 aromatic heterocycles. The van der Waals surface area contributed by atoms with E-state index in [9.17, 15) is 9.90 Å². The number of esters is 1. The second kappa shape index (κ2) is 5.42. The molecule has 0 saturated carbocycles. The minimum atomic E-state index is -0.307. The second-order valence-electron chi connectivity index (χ2n) is 3.91. The number of hydrogen-bond acceptors (Lipinski definition) is 3. The molecule has 0 atom stereocenters. The molecule has 0 unspecified atom stereocenters. The van der Waals surface area contributed by atoms with E-state index in [-0.39, 0.29) is 19.1 Å². The van der Waals surface area contributed by atoms with E-state index in [4.69, 9.17) is 16.3 Å². The van der Waals surface area contributed by atoms with Crippen LogP contribution in [0.5, 0.6) is 0 Å². The summed E-state index contributed by atoms with van der Waals surface area (Å²) in [5.41, 5.74) is 1.59. The van der Waals surface area contributed by atoms with Crippen molar-refractivity contribution in [1.29, 1.82) is 0 Å². The Balaban J connectivity index is 2.43. The molecule has 0 aliphatic rings. The smallest absolute Gasteiger partial charge is 0.325 e. The fourth-order valence-electron chi connectivity index (χ4n) is 1.94. The maximum absolute atomic E-state index is 11.5. The van der Waals surface area contributed by atoms with Crippen LogP contribution in [0.4, 0.5) is 0 Å². The molecular weight excluding hydrogens is 254 g/mol. The number of hydrogen-bond donors (Lipinski definition) is 1. The summed E-state index contributed by atoms with van der Waals surface area (Å²) in [6, 6.07) is 5.37. The third-order valence-electron chi connectivity index (χ3n) is 2.70. The highest BCUT2D eigenvalue weighted by Crippen LogP contribution is 2.25. The quantitative estimate of drug-likeness (QED) is 0.865. The largest absolute Gasteiger partial charge is 0.465 e. The van der Waals surface area contributed by atoms with E-state index in [2.05, 4.69) is 0 Å². The lowest BCUT2D eigenvalue weighted by Gasteiger charge is -2.05. The normalized spacial score (nSPS) is 10.8. The fourth-order valence-corrected chi connectivity index (χ4v) is 2.11. The first-order valence-corrected chi connectivity index (χ1v) is 6.07. The van der Waals surface area contributed by atoms with Gasteiger partial charge in [0.05, 0.1) is 18.7 Å². The number of ether oxygens (including phenoxy) is 1. The van der Waals surface area contributed by atoms with E-state index < -0.39 is 0 Å². The van der Waals surface area contributed by atoms with Crippen LogP contribution in [-0.4, -0.2) is 22.2 Å². The van der Waals surface area contributed by atoms with E-state index in [0.717, 1.165) is 16.5 Å². The highest BCUT2D eigenvalue weighted by atomic mass is 35.5. The zero-order valence-corrected chi connectivity index (χ0v) is 10.8. The van der Waals surface area contributed by atoms with Crippen LogP contribution < -0.4 is 0 Å². The summed E-state index contributed by atoms with van der Waals surface area (Å²) < 4.78 is 6.65. The van der Waals surface area contributed by atoms with Gasteiger partial charge in [-0.3, -0.25) is 4.79 Å². The molecule has 2 rings (SSSR count). The van der Waals surface area contributed by atoms with Gasteiger partial charge in [-0.25, -0.2) is 0 Å². The molecule has 0 aliphatic heterocycles. The number of benzene rings is 1. The van der Waals surface area contributed by atoms with Gasteiger partial charge in [0.25, 0.3) is 0 Å². The molecule has 0 saturated heterocycles. The summed E-state index contributed by atoms with van der Waals surface area (Å²) in [5.74, 6) is -0.307. The van der Waals surface area contributed by atoms with Gasteiger partial charge in [0.1, 0.15) is 6.54 Å². The molecule has 1 heterocycles. The first kappa shape index (κ1) is 12.9. The summed E-state index contributed by atoms with van der Waals surface area (Å²) in [4.78, 5) is 11.5. The van der Waals surface area contributed by atoms with Gasteiger partial charge < -0.3 is 14.4 Å². The van der Waals surface area contributed by atoms with Crippen LogP contribution in [0.1, 0.15) is 12.5 Å². The average molecular weight is 268 g/mol. The predicted octanol–water partition coefficient (Wildman–Crippen LogP) is 2.35. The maximum atomic E-state index is 11.5. The number of fused-ring (bicyclic) bond motifs is 1. The van der Waals surface area contributed by atoms with Crippen LogP contribution >= 0.6 is 11.6 Å². The number of carbonyl (C=O) groups is 1. The van der Waals surface area contributed by atoms with Crippen molar-refractivity contribution >= 4 is 28.5 Å². The number of halogens is 1. The van der Waals surface area contributed by atoms with Crippen molar-refractivity contribution in [3.8, 4) is 0 Å². The first-order valence-electron chi connectivity index (χ1n) is 5.69. The van der Waals surface area contributed by atoms with Crippen molar-refractivity contribution in [2.24, 2.45) is 0 Å². The lowest BCUT2D eigenvalue weighted by atomic mass is 10.2. The Hall–Kier alpha value is -1.52. The van der Waals surface area contributed by atoms with E-state index in [1.165, 1.54) is 0 Å². The van der Waals surface area contributed by atoms with Crippen LogP contribution in [-0.2, 0) is 22.7 Å². The van der Waals surface area contributed by atoms with Crippen LogP contribution in [0.2, 0.25) is 5.02 Å². The van der Waals surface area contributed by atoms with Crippen LogP contribution in [0.15, 0.2) is 24.4 Å². The van der Waals surface area contributed by atoms with E-state index in [0.29, 0.717) is 11.6 Å². The van der Waals surface area contributed by atoms with Crippen molar-refractivity contribution in [3.63, 3.8) is 0 Å². The lowest BCUT2D eigenvalue weighted by molar-refractivity contribution is -0.143. The number of rotatable bonds is 4. The number of carbonyl (C=O) groups excluding carboxylic acids is 1. The van der Waals surface area contributed by atoms with Crippen LogP contribution in [0.3, 0.4) is 0 Å². The maximum Gasteiger partial charge on any atom is 0.325 e. The molecule has 1 aromatic carbocycles. The van der Waals surface area contributed by atoms with Gasteiger partial charge in [0, 0.05) is 22.2 Å². The molecule has 0 fully saturated rings. The molecule has 4 nitrogen and oxygen atoms in total. The van der Waals surface area contributed by atoms with Crippen LogP contribution in [0, 0.1) is 0 Å². The van der Waals surface area contributed by atoms with Crippen LogP contribution in [0.25, 0.3) is 10.9 Å². The van der Waals surface area contributed by atoms with Crippen molar-refractivity contribution < 1.29 is 14.6 Å². The van der Waals surface area contributed by atoms with Gasteiger partial charge in [-0.15, -0.1) is 0 Å². The van der Waals surface area contributed by atoms with Gasteiger partial charge in [0.2, 0.25) is 0 Å². The number of aliphatic hydroxyl groups is 1. The monoisotopic (exact) mass is 267 g/mol. The lowest BCUT2D eigenvalue weighted by Crippen LogP contribution is -2.12. The summed E-state index contributed by atoms with van der Waals surface area (Å²) in [6.07, 6.45) is 1.75. The molecule has 0 radical (unpaired) electrons. The van der Waals surface area contributed by atoms with Crippen molar-refractivity contribution in [2.75, 3.05) is 6.61 Å². The molecule has 96 valence electrons. The standard InChI is InChI=1S/C13H14ClNO3/c1-2-18-13(17)7-15-6-9(8-16)11-4-3-10(14)5-12(11)15/h3-6,16H,2,7-8H2,1H3. The van der Waals surface area contributed by atoms with Gasteiger partial charge in [-0.05, 0) is 19.1 Å². The van der Waals surface area contributed by atoms with Gasteiger partial charge in [0.15, 0.2) is 0 Å². The molecule has 2 aromatic rings. The molecule has 1 N–H and O–H groups in total. The molecule has 0 amide bonds.